The van der Waals surface area contributed by atoms with Crippen LogP contribution in [0.25, 0.3) is 0 Å². The summed E-state index contributed by atoms with van der Waals surface area (Å²) >= 11 is 0. The summed E-state index contributed by atoms with van der Waals surface area (Å²) in [6, 6.07) is 3.27. The molecule has 1 aromatic carbocycles. The smallest absolute Gasteiger partial charge is 0.264 e. The maximum atomic E-state index is 12.7. The molecule has 136 valence electrons. The summed E-state index contributed by atoms with van der Waals surface area (Å²) in [6.07, 6.45) is 4.64. The van der Waals surface area contributed by atoms with E-state index in [1.165, 1.54) is 7.11 Å². The Morgan fingerprint density at radius 1 is 1.28 bits per heavy atom. The number of fused-ring (bicyclic) bond motifs is 2. The van der Waals surface area contributed by atoms with Crippen molar-refractivity contribution < 1.29 is 26.9 Å². The zero-order valence-corrected chi connectivity index (χ0v) is 14.9. The lowest BCUT2D eigenvalue weighted by Gasteiger charge is -2.20. The van der Waals surface area contributed by atoms with E-state index in [1.54, 1.807) is 18.3 Å². The Bertz CT molecular complexity index is 805. The van der Waals surface area contributed by atoms with Crippen molar-refractivity contribution in [3.8, 4) is 11.5 Å². The summed E-state index contributed by atoms with van der Waals surface area (Å²) in [6.45, 7) is 0.629. The van der Waals surface area contributed by atoms with Gasteiger partial charge in [0.1, 0.15) is 13.2 Å². The third kappa shape index (κ3) is 3.93. The number of ether oxygens (including phenoxy) is 2. The monoisotopic (exact) mass is 368 g/mol. The molecule has 0 N–H and O–H groups in total. The van der Waals surface area contributed by atoms with Crippen molar-refractivity contribution in [2.24, 2.45) is 4.99 Å². The van der Waals surface area contributed by atoms with Gasteiger partial charge in [-0.05, 0) is 18.9 Å². The first-order chi connectivity index (χ1) is 11.9. The van der Waals surface area contributed by atoms with Gasteiger partial charge in [-0.2, -0.15) is 8.42 Å². The van der Waals surface area contributed by atoms with Crippen molar-refractivity contribution in [2.75, 3.05) is 33.1 Å². The van der Waals surface area contributed by atoms with Crippen LogP contribution >= 0.6 is 0 Å². The van der Waals surface area contributed by atoms with Crippen molar-refractivity contribution in [1.29, 1.82) is 0 Å². The molecule has 25 heavy (non-hydrogen) atoms. The van der Waals surface area contributed by atoms with Crippen molar-refractivity contribution in [3.63, 3.8) is 0 Å². The lowest BCUT2D eigenvalue weighted by molar-refractivity contribution is 0.0774. The Labute approximate surface area is 146 Å². The number of carbonyl (C=O) groups is 1. The van der Waals surface area contributed by atoms with Crippen molar-refractivity contribution in [3.05, 3.63) is 17.7 Å². The standard InChI is InChI=1S/C16H20N2O6S/c1-22-14-8-12-13(9-15(14)23-6-7-24-25(2,20)21)17-10-11-4-3-5-18(11)16(12)19/h8-11H,3-7H2,1-2H3. The molecule has 9 heteroatoms. The summed E-state index contributed by atoms with van der Waals surface area (Å²) in [5.74, 6) is 0.699. The van der Waals surface area contributed by atoms with E-state index in [9.17, 15) is 13.2 Å². The third-order valence-corrected chi connectivity index (χ3v) is 4.69. The van der Waals surface area contributed by atoms with E-state index < -0.39 is 10.1 Å². The van der Waals surface area contributed by atoms with Gasteiger partial charge >= 0.3 is 0 Å². The summed E-state index contributed by atoms with van der Waals surface area (Å²) in [5.41, 5.74) is 0.983. The largest absolute Gasteiger partial charge is 0.493 e. The minimum Gasteiger partial charge on any atom is -0.493 e. The number of hydrogen-bond donors (Lipinski definition) is 0. The quantitative estimate of drug-likeness (QED) is 0.556. The number of hydrogen-bond acceptors (Lipinski definition) is 7. The number of benzene rings is 1. The molecular weight excluding hydrogens is 348 g/mol. The molecule has 1 unspecified atom stereocenters. The number of aliphatic imine (C=N–C) groups is 1. The van der Waals surface area contributed by atoms with Crippen LogP contribution in [-0.4, -0.2) is 64.6 Å². The third-order valence-electron chi connectivity index (χ3n) is 4.10. The highest BCUT2D eigenvalue weighted by Crippen LogP contribution is 2.37. The zero-order chi connectivity index (χ0) is 18.0. The first kappa shape index (κ1) is 17.7. The molecular formula is C16H20N2O6S. The minimum atomic E-state index is -3.51. The van der Waals surface area contributed by atoms with Crippen molar-refractivity contribution >= 4 is 27.9 Å². The number of nitrogens with zero attached hydrogens (tertiary/aromatic N) is 2. The number of methoxy groups -OCH3 is 1. The lowest BCUT2D eigenvalue weighted by Crippen LogP contribution is -2.35. The molecule has 0 bridgehead atoms. The molecule has 0 saturated carbocycles. The highest BCUT2D eigenvalue weighted by atomic mass is 32.2. The maximum Gasteiger partial charge on any atom is 0.264 e. The maximum absolute atomic E-state index is 12.7. The lowest BCUT2D eigenvalue weighted by atomic mass is 10.1. The molecule has 1 saturated heterocycles. The van der Waals surface area contributed by atoms with Crippen LogP contribution in [0.1, 0.15) is 23.2 Å². The fourth-order valence-corrected chi connectivity index (χ4v) is 3.33. The molecule has 8 nitrogen and oxygen atoms in total. The molecule has 0 aromatic heterocycles. The minimum absolute atomic E-state index is 0.0224. The molecule has 1 aromatic rings. The Hall–Kier alpha value is -2.13. The predicted octanol–water partition coefficient (Wildman–Crippen LogP) is 1.37. The van der Waals surface area contributed by atoms with Crippen LogP contribution in [0.2, 0.25) is 0 Å². The molecule has 2 aliphatic rings. The molecule has 2 aliphatic heterocycles. The molecule has 2 heterocycles. The van der Waals surface area contributed by atoms with E-state index >= 15 is 0 Å². The second-order valence-electron chi connectivity index (χ2n) is 5.88. The van der Waals surface area contributed by atoms with Crippen LogP contribution in [0.4, 0.5) is 5.69 Å². The van der Waals surface area contributed by atoms with Gasteiger partial charge < -0.3 is 14.4 Å². The van der Waals surface area contributed by atoms with Crippen LogP contribution in [0.3, 0.4) is 0 Å². The van der Waals surface area contributed by atoms with E-state index in [4.69, 9.17) is 9.47 Å². The van der Waals surface area contributed by atoms with E-state index in [2.05, 4.69) is 9.18 Å². The van der Waals surface area contributed by atoms with Gasteiger partial charge in [0, 0.05) is 18.8 Å². The van der Waals surface area contributed by atoms with E-state index in [0.717, 1.165) is 25.6 Å². The highest BCUT2D eigenvalue weighted by molar-refractivity contribution is 7.85. The second kappa shape index (κ2) is 7.01. The molecule has 1 amide bonds. The predicted molar refractivity (Wildman–Crippen MR) is 91.5 cm³/mol. The van der Waals surface area contributed by atoms with Gasteiger partial charge in [0.05, 0.1) is 30.7 Å². The summed E-state index contributed by atoms with van der Waals surface area (Å²) < 4.78 is 37.4. The zero-order valence-electron chi connectivity index (χ0n) is 14.1. The molecule has 0 spiro atoms. The second-order valence-corrected chi connectivity index (χ2v) is 7.53. The summed E-state index contributed by atoms with van der Waals surface area (Å²) in [5, 5.41) is 0. The molecule has 0 radical (unpaired) electrons. The normalized spacial score (nSPS) is 19.4. The molecule has 3 rings (SSSR count). The average molecular weight is 368 g/mol. The molecule has 1 atom stereocenters. The van der Waals surface area contributed by atoms with Crippen LogP contribution < -0.4 is 9.47 Å². The highest BCUT2D eigenvalue weighted by Gasteiger charge is 2.32. The van der Waals surface area contributed by atoms with Gasteiger partial charge in [-0.15, -0.1) is 0 Å². The Balaban J connectivity index is 1.82. The van der Waals surface area contributed by atoms with Crippen molar-refractivity contribution in [2.45, 2.75) is 18.9 Å². The molecule has 0 aliphatic carbocycles. The number of amides is 1. The van der Waals surface area contributed by atoms with Crippen LogP contribution in [0.5, 0.6) is 11.5 Å². The van der Waals surface area contributed by atoms with E-state index in [-0.39, 0.29) is 25.2 Å². The fraction of sp³-hybridized carbons (Fsp3) is 0.500. The van der Waals surface area contributed by atoms with E-state index in [0.29, 0.717) is 22.7 Å². The Morgan fingerprint density at radius 2 is 2.08 bits per heavy atom. The molecule has 1 fully saturated rings. The SMILES string of the molecule is COc1cc2c(cc1OCCOS(C)(=O)=O)N=CC1CCCN1C2=O. The van der Waals surface area contributed by atoms with Crippen LogP contribution in [0, 0.1) is 0 Å². The van der Waals surface area contributed by atoms with E-state index in [1.807, 2.05) is 4.90 Å². The van der Waals surface area contributed by atoms with Gasteiger partial charge in [0.15, 0.2) is 11.5 Å². The van der Waals surface area contributed by atoms with Gasteiger partial charge in [0.25, 0.3) is 16.0 Å². The van der Waals surface area contributed by atoms with Crippen LogP contribution in [0.15, 0.2) is 17.1 Å². The first-order valence-electron chi connectivity index (χ1n) is 7.93. The Morgan fingerprint density at radius 3 is 2.80 bits per heavy atom. The van der Waals surface area contributed by atoms with Gasteiger partial charge in [-0.3, -0.25) is 14.0 Å². The topological polar surface area (TPSA) is 94.5 Å². The average Bonchev–Trinajstić information content (AvgIpc) is 2.99. The summed E-state index contributed by atoms with van der Waals surface area (Å²) in [7, 11) is -2.04. The first-order valence-corrected chi connectivity index (χ1v) is 9.75. The Kier molecular flexibility index (Phi) is 4.96. The fourth-order valence-electron chi connectivity index (χ4n) is 2.96. The van der Waals surface area contributed by atoms with Gasteiger partial charge in [-0.25, -0.2) is 0 Å². The number of carbonyl (C=O) groups excluding carboxylic acids is 1. The van der Waals surface area contributed by atoms with Gasteiger partial charge in [0.2, 0.25) is 0 Å². The van der Waals surface area contributed by atoms with Crippen molar-refractivity contribution in [1.82, 2.24) is 4.90 Å². The number of rotatable bonds is 6. The van der Waals surface area contributed by atoms with Gasteiger partial charge in [-0.1, -0.05) is 0 Å². The van der Waals surface area contributed by atoms with Crippen LogP contribution in [-0.2, 0) is 14.3 Å². The summed E-state index contributed by atoms with van der Waals surface area (Å²) in [4.78, 5) is 19.0.